The lowest BCUT2D eigenvalue weighted by molar-refractivity contribution is -0.121. The second-order valence-electron chi connectivity index (χ2n) is 6.02. The van der Waals surface area contributed by atoms with Crippen LogP contribution >= 0.6 is 23.2 Å². The Morgan fingerprint density at radius 2 is 1.88 bits per heavy atom. The molecule has 2 aromatic rings. The van der Waals surface area contributed by atoms with Crippen LogP contribution in [0.2, 0.25) is 10.0 Å². The van der Waals surface area contributed by atoms with Gasteiger partial charge in [-0.25, -0.2) is 8.42 Å². The lowest BCUT2D eigenvalue weighted by Crippen LogP contribution is -2.27. The quantitative estimate of drug-likeness (QED) is 0.713. The molecular formula is C18H20Cl2N2O3S. The third-order valence-corrected chi connectivity index (χ3v) is 4.90. The number of amides is 1. The zero-order chi connectivity index (χ0) is 19.3. The van der Waals surface area contributed by atoms with E-state index in [0.29, 0.717) is 22.2 Å². The molecule has 0 aliphatic heterocycles. The number of nitrogens with one attached hydrogen (secondary N) is 2. The highest BCUT2D eigenvalue weighted by Crippen LogP contribution is 2.22. The summed E-state index contributed by atoms with van der Waals surface area (Å²) in [7, 11) is -3.35. The molecule has 5 nitrogen and oxygen atoms in total. The molecule has 26 heavy (non-hydrogen) atoms. The summed E-state index contributed by atoms with van der Waals surface area (Å²) in [6.07, 6.45) is 1.88. The van der Waals surface area contributed by atoms with Crippen LogP contribution in [0.3, 0.4) is 0 Å². The van der Waals surface area contributed by atoms with E-state index in [1.165, 1.54) is 0 Å². The van der Waals surface area contributed by atoms with E-state index in [-0.39, 0.29) is 18.4 Å². The van der Waals surface area contributed by atoms with Crippen molar-refractivity contribution in [3.05, 3.63) is 63.6 Å². The van der Waals surface area contributed by atoms with E-state index in [2.05, 4.69) is 10.0 Å². The van der Waals surface area contributed by atoms with Crippen LogP contribution in [-0.2, 0) is 21.2 Å². The molecular weight excluding hydrogens is 395 g/mol. The number of hydrogen-bond donors (Lipinski definition) is 2. The molecule has 0 heterocycles. The minimum atomic E-state index is -3.35. The van der Waals surface area contributed by atoms with Crippen LogP contribution < -0.4 is 10.0 Å². The molecule has 0 saturated heterocycles. The van der Waals surface area contributed by atoms with Gasteiger partial charge in [-0.2, -0.15) is 0 Å². The van der Waals surface area contributed by atoms with Gasteiger partial charge in [0.2, 0.25) is 15.9 Å². The molecule has 0 radical (unpaired) electrons. The number of hydrogen-bond acceptors (Lipinski definition) is 3. The van der Waals surface area contributed by atoms with E-state index in [1.54, 1.807) is 30.3 Å². The fourth-order valence-electron chi connectivity index (χ4n) is 2.46. The maximum Gasteiger partial charge on any atom is 0.229 e. The SMILES string of the molecule is CC(NC(=O)CCc1ccc(Cl)cc1Cl)c1cccc(NS(C)(=O)=O)c1. The van der Waals surface area contributed by atoms with Gasteiger partial charge in [0.15, 0.2) is 0 Å². The Hall–Kier alpha value is -1.76. The van der Waals surface area contributed by atoms with Gasteiger partial charge >= 0.3 is 0 Å². The van der Waals surface area contributed by atoms with E-state index in [4.69, 9.17) is 23.2 Å². The first-order valence-corrected chi connectivity index (χ1v) is 10.6. The van der Waals surface area contributed by atoms with Crippen LogP contribution in [0, 0.1) is 0 Å². The van der Waals surface area contributed by atoms with Crippen molar-refractivity contribution in [2.24, 2.45) is 0 Å². The van der Waals surface area contributed by atoms with Crippen LogP contribution in [0.5, 0.6) is 0 Å². The zero-order valence-corrected chi connectivity index (χ0v) is 16.8. The van der Waals surface area contributed by atoms with Crippen LogP contribution in [0.25, 0.3) is 0 Å². The highest BCUT2D eigenvalue weighted by Gasteiger charge is 2.12. The minimum absolute atomic E-state index is 0.120. The molecule has 0 saturated carbocycles. The van der Waals surface area contributed by atoms with Crippen molar-refractivity contribution in [1.82, 2.24) is 5.32 Å². The fourth-order valence-corrected chi connectivity index (χ4v) is 3.51. The average Bonchev–Trinajstić information content (AvgIpc) is 2.52. The topological polar surface area (TPSA) is 75.3 Å². The molecule has 140 valence electrons. The van der Waals surface area contributed by atoms with Gasteiger partial charge in [0.1, 0.15) is 0 Å². The highest BCUT2D eigenvalue weighted by molar-refractivity contribution is 7.92. The summed E-state index contributed by atoms with van der Waals surface area (Å²) < 4.78 is 25.1. The molecule has 2 N–H and O–H groups in total. The summed E-state index contributed by atoms with van der Waals surface area (Å²) in [5, 5.41) is 4.00. The molecule has 0 aliphatic carbocycles. The largest absolute Gasteiger partial charge is 0.350 e. The number of carbonyl (C=O) groups excluding carboxylic acids is 1. The Kier molecular flexibility index (Phi) is 6.92. The standard InChI is InChI=1S/C18H20Cl2N2O3S/c1-12(14-4-3-5-16(10-14)22-26(2,24)25)21-18(23)9-7-13-6-8-15(19)11-17(13)20/h3-6,8,10-12,22H,7,9H2,1-2H3,(H,21,23). The lowest BCUT2D eigenvalue weighted by atomic mass is 10.1. The average molecular weight is 415 g/mol. The number of anilines is 1. The Labute approximate surface area is 163 Å². The van der Waals surface area contributed by atoms with Crippen molar-refractivity contribution >= 4 is 44.8 Å². The summed E-state index contributed by atoms with van der Waals surface area (Å²) in [6, 6.07) is 11.9. The van der Waals surface area contributed by atoms with Crippen LogP contribution in [0.1, 0.15) is 30.5 Å². The highest BCUT2D eigenvalue weighted by atomic mass is 35.5. The first-order chi connectivity index (χ1) is 12.1. The Morgan fingerprint density at radius 3 is 2.54 bits per heavy atom. The van der Waals surface area contributed by atoms with E-state index in [9.17, 15) is 13.2 Å². The summed E-state index contributed by atoms with van der Waals surface area (Å²) in [6.45, 7) is 1.84. The molecule has 1 unspecified atom stereocenters. The number of carbonyl (C=O) groups is 1. The maximum absolute atomic E-state index is 12.2. The van der Waals surface area contributed by atoms with Gasteiger partial charge in [0.25, 0.3) is 0 Å². The molecule has 2 aromatic carbocycles. The summed E-state index contributed by atoms with van der Waals surface area (Å²) in [5.41, 5.74) is 2.12. The van der Waals surface area contributed by atoms with Crippen LogP contribution in [0.15, 0.2) is 42.5 Å². The number of benzene rings is 2. The molecule has 2 rings (SSSR count). The number of halogens is 2. The van der Waals surface area contributed by atoms with Crippen molar-refractivity contribution in [3.63, 3.8) is 0 Å². The number of aryl methyl sites for hydroxylation is 1. The minimum Gasteiger partial charge on any atom is -0.350 e. The van der Waals surface area contributed by atoms with Crippen LogP contribution in [0.4, 0.5) is 5.69 Å². The molecule has 0 spiro atoms. The molecule has 0 bridgehead atoms. The van der Waals surface area contributed by atoms with Gasteiger partial charge in [0, 0.05) is 22.2 Å². The monoisotopic (exact) mass is 414 g/mol. The Morgan fingerprint density at radius 1 is 1.15 bits per heavy atom. The zero-order valence-electron chi connectivity index (χ0n) is 14.4. The molecule has 8 heteroatoms. The van der Waals surface area contributed by atoms with Gasteiger partial charge in [-0.1, -0.05) is 41.4 Å². The lowest BCUT2D eigenvalue weighted by Gasteiger charge is -2.16. The van der Waals surface area contributed by atoms with Gasteiger partial charge < -0.3 is 5.32 Å². The predicted octanol–water partition coefficient (Wildman–Crippen LogP) is 4.17. The van der Waals surface area contributed by atoms with E-state index in [0.717, 1.165) is 17.4 Å². The Bertz CT molecular complexity index is 901. The van der Waals surface area contributed by atoms with Crippen molar-refractivity contribution in [2.45, 2.75) is 25.8 Å². The molecule has 0 fully saturated rings. The van der Waals surface area contributed by atoms with Gasteiger partial charge in [0.05, 0.1) is 12.3 Å². The number of rotatable bonds is 7. The van der Waals surface area contributed by atoms with Crippen molar-refractivity contribution in [3.8, 4) is 0 Å². The second kappa shape index (κ2) is 8.75. The fraction of sp³-hybridized carbons (Fsp3) is 0.278. The van der Waals surface area contributed by atoms with Crippen molar-refractivity contribution in [2.75, 3.05) is 11.0 Å². The summed E-state index contributed by atoms with van der Waals surface area (Å²) in [5.74, 6) is -0.120. The summed E-state index contributed by atoms with van der Waals surface area (Å²) >= 11 is 12.0. The van der Waals surface area contributed by atoms with Crippen molar-refractivity contribution < 1.29 is 13.2 Å². The third kappa shape index (κ3) is 6.52. The van der Waals surface area contributed by atoms with Crippen LogP contribution in [-0.4, -0.2) is 20.6 Å². The van der Waals surface area contributed by atoms with Gasteiger partial charge in [-0.05, 0) is 48.7 Å². The molecule has 1 amide bonds. The smallest absolute Gasteiger partial charge is 0.229 e. The first-order valence-electron chi connectivity index (χ1n) is 7.95. The number of sulfonamides is 1. The summed E-state index contributed by atoms with van der Waals surface area (Å²) in [4.78, 5) is 12.2. The van der Waals surface area contributed by atoms with E-state index >= 15 is 0 Å². The van der Waals surface area contributed by atoms with Gasteiger partial charge in [-0.15, -0.1) is 0 Å². The molecule has 0 aliphatic rings. The molecule has 1 atom stereocenters. The first kappa shape index (κ1) is 20.6. The van der Waals surface area contributed by atoms with E-state index in [1.807, 2.05) is 19.1 Å². The predicted molar refractivity (Wildman–Crippen MR) is 106 cm³/mol. The normalized spacial score (nSPS) is 12.5. The van der Waals surface area contributed by atoms with Gasteiger partial charge in [-0.3, -0.25) is 9.52 Å². The maximum atomic E-state index is 12.2. The second-order valence-corrected chi connectivity index (χ2v) is 8.62. The third-order valence-electron chi connectivity index (χ3n) is 3.70. The van der Waals surface area contributed by atoms with Crippen molar-refractivity contribution in [1.29, 1.82) is 0 Å². The Balaban J connectivity index is 1.95. The molecule has 0 aromatic heterocycles. The van der Waals surface area contributed by atoms with E-state index < -0.39 is 10.0 Å².